The Morgan fingerprint density at radius 2 is 2.08 bits per heavy atom. The van der Waals surface area contributed by atoms with Crippen molar-refractivity contribution in [3.8, 4) is 0 Å². The third-order valence-corrected chi connectivity index (χ3v) is 2.07. The maximum atomic E-state index is 11.4. The average molecular weight is 183 g/mol. The molecule has 1 heterocycles. The molecule has 4 nitrogen and oxygen atoms in total. The number of carbonyl (C=O) groups excluding carboxylic acids is 1. The van der Waals surface area contributed by atoms with E-state index in [1.165, 1.54) is 0 Å². The van der Waals surface area contributed by atoms with Crippen molar-refractivity contribution in [1.82, 2.24) is 10.2 Å². The normalized spacial score (nSPS) is 16.8. The lowest BCUT2D eigenvalue weighted by Gasteiger charge is -2.14. The van der Waals surface area contributed by atoms with Crippen LogP contribution in [-0.4, -0.2) is 37.1 Å². The molecule has 1 saturated heterocycles. The summed E-state index contributed by atoms with van der Waals surface area (Å²) in [5.41, 5.74) is 5.26. The zero-order valence-corrected chi connectivity index (χ0v) is 7.83. The summed E-state index contributed by atoms with van der Waals surface area (Å²) in [4.78, 5) is 13.2. The zero-order chi connectivity index (χ0) is 9.52. The summed E-state index contributed by atoms with van der Waals surface area (Å²) in [6.07, 6.45) is 5.97. The van der Waals surface area contributed by atoms with Gasteiger partial charge in [0.25, 0.3) is 0 Å². The van der Waals surface area contributed by atoms with Gasteiger partial charge < -0.3 is 16.0 Å². The maximum Gasteiger partial charge on any atom is 0.317 e. The molecule has 1 rings (SSSR count). The summed E-state index contributed by atoms with van der Waals surface area (Å²) in [7, 11) is 0. The van der Waals surface area contributed by atoms with Crippen LogP contribution in [0, 0.1) is 0 Å². The summed E-state index contributed by atoms with van der Waals surface area (Å²) >= 11 is 0. The topological polar surface area (TPSA) is 58.4 Å². The zero-order valence-electron chi connectivity index (χ0n) is 7.83. The van der Waals surface area contributed by atoms with Gasteiger partial charge in [0.2, 0.25) is 0 Å². The third kappa shape index (κ3) is 3.46. The van der Waals surface area contributed by atoms with Gasteiger partial charge in [0.15, 0.2) is 0 Å². The van der Waals surface area contributed by atoms with Crippen LogP contribution in [0.1, 0.15) is 12.8 Å². The summed E-state index contributed by atoms with van der Waals surface area (Å²) < 4.78 is 0. The molecule has 1 aliphatic rings. The van der Waals surface area contributed by atoms with Gasteiger partial charge in [-0.15, -0.1) is 0 Å². The SMILES string of the molecule is NC/C=C/CNC(=O)N1CCCC1. The van der Waals surface area contributed by atoms with Crippen LogP contribution >= 0.6 is 0 Å². The molecule has 0 bridgehead atoms. The van der Waals surface area contributed by atoms with E-state index in [0.717, 1.165) is 25.9 Å². The van der Waals surface area contributed by atoms with Gasteiger partial charge >= 0.3 is 6.03 Å². The maximum absolute atomic E-state index is 11.4. The highest BCUT2D eigenvalue weighted by atomic mass is 16.2. The number of amides is 2. The van der Waals surface area contributed by atoms with E-state index in [0.29, 0.717) is 13.1 Å². The second-order valence-electron chi connectivity index (χ2n) is 3.09. The van der Waals surface area contributed by atoms with E-state index < -0.39 is 0 Å². The van der Waals surface area contributed by atoms with Crippen LogP contribution in [0.3, 0.4) is 0 Å². The van der Waals surface area contributed by atoms with Crippen molar-refractivity contribution in [2.24, 2.45) is 5.73 Å². The van der Waals surface area contributed by atoms with Crippen LogP contribution in [0.2, 0.25) is 0 Å². The van der Waals surface area contributed by atoms with E-state index in [1.54, 1.807) is 0 Å². The van der Waals surface area contributed by atoms with Gasteiger partial charge in [-0.1, -0.05) is 12.2 Å². The first-order valence-electron chi connectivity index (χ1n) is 4.72. The smallest absolute Gasteiger partial charge is 0.317 e. The summed E-state index contributed by atoms with van der Waals surface area (Å²) in [6, 6.07) is 0.0409. The molecule has 0 radical (unpaired) electrons. The lowest BCUT2D eigenvalue weighted by molar-refractivity contribution is 0.210. The Bertz CT molecular complexity index is 185. The number of hydrogen-bond acceptors (Lipinski definition) is 2. The van der Waals surface area contributed by atoms with Gasteiger partial charge in [-0.3, -0.25) is 0 Å². The van der Waals surface area contributed by atoms with Crippen molar-refractivity contribution in [2.75, 3.05) is 26.2 Å². The van der Waals surface area contributed by atoms with Gasteiger partial charge in [0.1, 0.15) is 0 Å². The molecule has 0 aromatic heterocycles. The Morgan fingerprint density at radius 1 is 1.38 bits per heavy atom. The highest BCUT2D eigenvalue weighted by Gasteiger charge is 2.16. The van der Waals surface area contributed by atoms with Crippen molar-refractivity contribution in [3.05, 3.63) is 12.2 Å². The molecule has 1 aliphatic heterocycles. The average Bonchev–Trinajstić information content (AvgIpc) is 2.65. The van der Waals surface area contributed by atoms with Crippen molar-refractivity contribution in [1.29, 1.82) is 0 Å². The molecular formula is C9H17N3O. The Morgan fingerprint density at radius 3 is 2.69 bits per heavy atom. The van der Waals surface area contributed by atoms with Crippen molar-refractivity contribution in [2.45, 2.75) is 12.8 Å². The number of nitrogens with zero attached hydrogens (tertiary/aromatic N) is 1. The lowest BCUT2D eigenvalue weighted by atomic mass is 10.4. The highest BCUT2D eigenvalue weighted by molar-refractivity contribution is 5.74. The predicted octanol–water partition coefficient (Wildman–Crippen LogP) is 0.307. The molecule has 74 valence electrons. The molecule has 0 saturated carbocycles. The Balaban J connectivity index is 2.13. The van der Waals surface area contributed by atoms with Gasteiger partial charge in [-0.05, 0) is 12.8 Å². The first kappa shape index (κ1) is 10.1. The number of rotatable bonds is 3. The minimum Gasteiger partial charge on any atom is -0.335 e. The Hall–Kier alpha value is -1.03. The standard InChI is InChI=1S/C9H17N3O/c10-5-1-2-6-11-9(13)12-7-3-4-8-12/h1-2H,3-8,10H2,(H,11,13)/b2-1+. The highest BCUT2D eigenvalue weighted by Crippen LogP contribution is 2.06. The fourth-order valence-corrected chi connectivity index (χ4v) is 1.36. The first-order valence-corrected chi connectivity index (χ1v) is 4.72. The molecule has 1 fully saturated rings. The Labute approximate surface area is 78.8 Å². The van der Waals surface area contributed by atoms with E-state index in [2.05, 4.69) is 5.32 Å². The molecule has 0 spiro atoms. The van der Waals surface area contributed by atoms with Crippen LogP contribution in [0.5, 0.6) is 0 Å². The summed E-state index contributed by atoms with van der Waals surface area (Å²) in [5, 5.41) is 2.80. The minimum atomic E-state index is 0.0409. The van der Waals surface area contributed by atoms with Crippen molar-refractivity contribution >= 4 is 6.03 Å². The van der Waals surface area contributed by atoms with Crippen LogP contribution in [0.25, 0.3) is 0 Å². The van der Waals surface area contributed by atoms with E-state index in [4.69, 9.17) is 5.73 Å². The number of likely N-dealkylation sites (tertiary alicyclic amines) is 1. The number of carbonyl (C=O) groups is 1. The largest absolute Gasteiger partial charge is 0.335 e. The number of nitrogens with one attached hydrogen (secondary N) is 1. The second kappa shape index (κ2) is 5.59. The van der Waals surface area contributed by atoms with Crippen LogP contribution < -0.4 is 11.1 Å². The van der Waals surface area contributed by atoms with Gasteiger partial charge in [-0.25, -0.2) is 4.79 Å². The molecular weight excluding hydrogens is 166 g/mol. The molecule has 4 heteroatoms. The molecule has 0 aromatic carbocycles. The van der Waals surface area contributed by atoms with E-state index in [9.17, 15) is 4.79 Å². The summed E-state index contributed by atoms with van der Waals surface area (Å²) in [6.45, 7) is 2.89. The molecule has 2 amide bonds. The van der Waals surface area contributed by atoms with Crippen molar-refractivity contribution in [3.63, 3.8) is 0 Å². The van der Waals surface area contributed by atoms with Crippen LogP contribution in [0.4, 0.5) is 4.79 Å². The summed E-state index contributed by atoms with van der Waals surface area (Å²) in [5.74, 6) is 0. The molecule has 13 heavy (non-hydrogen) atoms. The third-order valence-electron chi connectivity index (χ3n) is 2.07. The van der Waals surface area contributed by atoms with Gasteiger partial charge in [0.05, 0.1) is 0 Å². The number of hydrogen-bond donors (Lipinski definition) is 2. The predicted molar refractivity (Wildman–Crippen MR) is 52.4 cm³/mol. The fourth-order valence-electron chi connectivity index (χ4n) is 1.36. The fraction of sp³-hybridized carbons (Fsp3) is 0.667. The Kier molecular flexibility index (Phi) is 4.32. The second-order valence-corrected chi connectivity index (χ2v) is 3.09. The first-order chi connectivity index (χ1) is 6.34. The van der Waals surface area contributed by atoms with E-state index >= 15 is 0 Å². The molecule has 0 aromatic rings. The van der Waals surface area contributed by atoms with Gasteiger partial charge in [-0.2, -0.15) is 0 Å². The van der Waals surface area contributed by atoms with Crippen molar-refractivity contribution < 1.29 is 4.79 Å². The van der Waals surface area contributed by atoms with Gasteiger partial charge in [0, 0.05) is 26.2 Å². The van der Waals surface area contributed by atoms with Crippen LogP contribution in [-0.2, 0) is 0 Å². The minimum absolute atomic E-state index is 0.0409. The monoisotopic (exact) mass is 183 g/mol. The molecule has 0 aliphatic carbocycles. The van der Waals surface area contributed by atoms with E-state index in [-0.39, 0.29) is 6.03 Å². The molecule has 0 unspecified atom stereocenters. The van der Waals surface area contributed by atoms with Crippen LogP contribution in [0.15, 0.2) is 12.2 Å². The number of urea groups is 1. The molecule has 3 N–H and O–H groups in total. The molecule has 0 atom stereocenters. The quantitative estimate of drug-likeness (QED) is 0.618. The van der Waals surface area contributed by atoms with E-state index in [1.807, 2.05) is 17.1 Å². The number of nitrogens with two attached hydrogens (primary N) is 1. The lowest BCUT2D eigenvalue weighted by Crippen LogP contribution is -2.37.